The quantitative estimate of drug-likeness (QED) is 0.829. The molecule has 0 fully saturated rings. The predicted octanol–water partition coefficient (Wildman–Crippen LogP) is 1.70. The third kappa shape index (κ3) is 2.88. The van der Waals surface area contributed by atoms with E-state index in [-0.39, 0.29) is 0 Å². The fraction of sp³-hybridized carbons (Fsp3) is 0.231. The highest BCUT2D eigenvalue weighted by atomic mass is 16.5. The van der Waals surface area contributed by atoms with Gasteiger partial charge in [-0.15, -0.1) is 0 Å². The van der Waals surface area contributed by atoms with Crippen molar-refractivity contribution in [2.75, 3.05) is 24.8 Å². The minimum Gasteiger partial charge on any atom is -0.481 e. The lowest BCUT2D eigenvalue weighted by atomic mass is 10.2. The highest BCUT2D eigenvalue weighted by molar-refractivity contribution is 5.42. The first kappa shape index (κ1) is 12.2. The van der Waals surface area contributed by atoms with Crippen LogP contribution in [0, 0.1) is 0 Å². The second kappa shape index (κ2) is 5.35. The lowest BCUT2D eigenvalue weighted by Crippen LogP contribution is -2.19. The average molecular weight is 244 g/mol. The standard InChI is InChI=1S/C13H16N4O/c1-17(9-10-4-3-5-11(14)8-10)13-15-7-6-12(16-13)18-2/h3-8H,9,14H2,1-2H3. The van der Waals surface area contributed by atoms with Crippen LogP contribution in [0.4, 0.5) is 11.6 Å². The lowest BCUT2D eigenvalue weighted by Gasteiger charge is -2.17. The van der Waals surface area contributed by atoms with Gasteiger partial charge >= 0.3 is 0 Å². The zero-order valence-electron chi connectivity index (χ0n) is 10.5. The normalized spacial score (nSPS) is 10.1. The molecule has 5 heteroatoms. The first-order chi connectivity index (χ1) is 8.69. The van der Waals surface area contributed by atoms with Gasteiger partial charge in [-0.2, -0.15) is 4.98 Å². The minimum atomic E-state index is 0.555. The molecule has 94 valence electrons. The van der Waals surface area contributed by atoms with Crippen molar-refractivity contribution in [2.45, 2.75) is 6.54 Å². The van der Waals surface area contributed by atoms with Gasteiger partial charge in [0.2, 0.25) is 11.8 Å². The molecule has 0 amide bonds. The molecule has 0 radical (unpaired) electrons. The number of nitrogen functional groups attached to an aromatic ring is 1. The van der Waals surface area contributed by atoms with Crippen molar-refractivity contribution in [1.82, 2.24) is 9.97 Å². The molecule has 2 aromatic rings. The van der Waals surface area contributed by atoms with E-state index in [2.05, 4.69) is 9.97 Å². The summed E-state index contributed by atoms with van der Waals surface area (Å²) in [5.74, 6) is 1.18. The van der Waals surface area contributed by atoms with E-state index in [0.29, 0.717) is 18.4 Å². The SMILES string of the molecule is COc1ccnc(N(C)Cc2cccc(N)c2)n1. The maximum atomic E-state index is 5.75. The number of rotatable bonds is 4. The van der Waals surface area contributed by atoms with Crippen LogP contribution >= 0.6 is 0 Å². The number of anilines is 2. The number of hydrogen-bond acceptors (Lipinski definition) is 5. The van der Waals surface area contributed by atoms with Gasteiger partial charge < -0.3 is 15.4 Å². The van der Waals surface area contributed by atoms with Gasteiger partial charge in [0.15, 0.2) is 0 Å². The number of hydrogen-bond donors (Lipinski definition) is 1. The molecule has 0 unspecified atom stereocenters. The van der Waals surface area contributed by atoms with E-state index in [9.17, 15) is 0 Å². The van der Waals surface area contributed by atoms with E-state index in [1.807, 2.05) is 36.2 Å². The van der Waals surface area contributed by atoms with Crippen LogP contribution in [-0.4, -0.2) is 24.1 Å². The predicted molar refractivity (Wildman–Crippen MR) is 71.5 cm³/mol. The van der Waals surface area contributed by atoms with Crippen molar-refractivity contribution in [3.05, 3.63) is 42.1 Å². The molecule has 0 aliphatic carbocycles. The van der Waals surface area contributed by atoms with Crippen molar-refractivity contribution < 1.29 is 4.74 Å². The van der Waals surface area contributed by atoms with E-state index in [1.165, 1.54) is 0 Å². The van der Waals surface area contributed by atoms with Gasteiger partial charge in [-0.05, 0) is 17.7 Å². The molecular weight excluding hydrogens is 228 g/mol. The van der Waals surface area contributed by atoms with E-state index in [4.69, 9.17) is 10.5 Å². The lowest BCUT2D eigenvalue weighted by molar-refractivity contribution is 0.397. The summed E-state index contributed by atoms with van der Waals surface area (Å²) in [6, 6.07) is 9.48. The molecule has 1 aromatic carbocycles. The van der Waals surface area contributed by atoms with E-state index < -0.39 is 0 Å². The summed E-state index contributed by atoms with van der Waals surface area (Å²) in [6.07, 6.45) is 1.68. The van der Waals surface area contributed by atoms with Gasteiger partial charge in [0.25, 0.3) is 0 Å². The van der Waals surface area contributed by atoms with Crippen molar-refractivity contribution in [2.24, 2.45) is 0 Å². The van der Waals surface area contributed by atoms with Gasteiger partial charge in [-0.1, -0.05) is 12.1 Å². The Bertz CT molecular complexity index is 530. The topological polar surface area (TPSA) is 64.3 Å². The highest BCUT2D eigenvalue weighted by Gasteiger charge is 2.06. The number of methoxy groups -OCH3 is 1. The maximum absolute atomic E-state index is 5.75. The molecule has 0 saturated heterocycles. The molecule has 0 saturated carbocycles. The molecule has 2 rings (SSSR count). The number of ether oxygens (including phenoxy) is 1. The van der Waals surface area contributed by atoms with Crippen LogP contribution in [-0.2, 0) is 6.54 Å². The van der Waals surface area contributed by atoms with Gasteiger partial charge in [0.05, 0.1) is 7.11 Å². The Kier molecular flexibility index (Phi) is 3.62. The van der Waals surface area contributed by atoms with E-state index in [0.717, 1.165) is 11.3 Å². The molecule has 0 aliphatic rings. The highest BCUT2D eigenvalue weighted by Crippen LogP contribution is 2.14. The first-order valence-electron chi connectivity index (χ1n) is 5.61. The Morgan fingerprint density at radius 1 is 1.33 bits per heavy atom. The molecule has 0 bridgehead atoms. The van der Waals surface area contributed by atoms with Gasteiger partial charge in [0, 0.05) is 31.5 Å². The zero-order chi connectivity index (χ0) is 13.0. The van der Waals surface area contributed by atoms with Crippen LogP contribution in [0.15, 0.2) is 36.5 Å². The van der Waals surface area contributed by atoms with Crippen molar-refractivity contribution >= 4 is 11.6 Å². The number of nitrogens with two attached hydrogens (primary N) is 1. The molecule has 2 N–H and O–H groups in total. The molecule has 18 heavy (non-hydrogen) atoms. The summed E-state index contributed by atoms with van der Waals surface area (Å²) >= 11 is 0. The van der Waals surface area contributed by atoms with Crippen LogP contribution in [0.2, 0.25) is 0 Å². The van der Waals surface area contributed by atoms with Crippen molar-refractivity contribution in [3.8, 4) is 5.88 Å². The maximum Gasteiger partial charge on any atom is 0.228 e. The number of nitrogens with zero attached hydrogens (tertiary/aromatic N) is 3. The van der Waals surface area contributed by atoms with Crippen LogP contribution in [0.25, 0.3) is 0 Å². The molecule has 0 aliphatic heterocycles. The monoisotopic (exact) mass is 244 g/mol. The Labute approximate surface area is 106 Å². The Morgan fingerprint density at radius 2 is 2.17 bits per heavy atom. The summed E-state index contributed by atoms with van der Waals surface area (Å²) in [5.41, 5.74) is 7.62. The second-order valence-corrected chi connectivity index (χ2v) is 4.00. The van der Waals surface area contributed by atoms with Crippen molar-refractivity contribution in [1.29, 1.82) is 0 Å². The number of aromatic nitrogens is 2. The fourth-order valence-corrected chi connectivity index (χ4v) is 1.67. The fourth-order valence-electron chi connectivity index (χ4n) is 1.67. The Balaban J connectivity index is 2.13. The van der Waals surface area contributed by atoms with E-state index >= 15 is 0 Å². The summed E-state index contributed by atoms with van der Waals surface area (Å²) in [7, 11) is 3.52. The Hall–Kier alpha value is -2.30. The smallest absolute Gasteiger partial charge is 0.228 e. The molecular formula is C13H16N4O. The first-order valence-corrected chi connectivity index (χ1v) is 5.61. The molecule has 5 nitrogen and oxygen atoms in total. The summed E-state index contributed by atoms with van der Waals surface area (Å²) in [4.78, 5) is 10.4. The summed E-state index contributed by atoms with van der Waals surface area (Å²) in [6.45, 7) is 0.693. The number of benzene rings is 1. The molecule has 1 aromatic heterocycles. The largest absolute Gasteiger partial charge is 0.481 e. The zero-order valence-corrected chi connectivity index (χ0v) is 10.5. The van der Waals surface area contributed by atoms with Crippen LogP contribution in [0.1, 0.15) is 5.56 Å². The van der Waals surface area contributed by atoms with E-state index in [1.54, 1.807) is 19.4 Å². The minimum absolute atomic E-state index is 0.555. The third-order valence-corrected chi connectivity index (χ3v) is 2.54. The van der Waals surface area contributed by atoms with Crippen LogP contribution in [0.3, 0.4) is 0 Å². The van der Waals surface area contributed by atoms with Gasteiger partial charge in [0.1, 0.15) is 0 Å². The summed E-state index contributed by atoms with van der Waals surface area (Å²) < 4.78 is 5.08. The second-order valence-electron chi connectivity index (χ2n) is 4.00. The summed E-state index contributed by atoms with van der Waals surface area (Å²) in [5, 5.41) is 0. The third-order valence-electron chi connectivity index (χ3n) is 2.54. The van der Waals surface area contributed by atoms with Crippen LogP contribution < -0.4 is 15.4 Å². The average Bonchev–Trinajstić information content (AvgIpc) is 2.39. The molecule has 1 heterocycles. The molecule has 0 atom stereocenters. The van der Waals surface area contributed by atoms with Gasteiger partial charge in [-0.25, -0.2) is 4.98 Å². The van der Waals surface area contributed by atoms with Crippen LogP contribution in [0.5, 0.6) is 5.88 Å². The van der Waals surface area contributed by atoms with Crippen molar-refractivity contribution in [3.63, 3.8) is 0 Å². The van der Waals surface area contributed by atoms with Gasteiger partial charge in [-0.3, -0.25) is 0 Å². The molecule has 0 spiro atoms. The Morgan fingerprint density at radius 3 is 2.89 bits per heavy atom.